The van der Waals surface area contributed by atoms with Crippen LogP contribution >= 0.6 is 0 Å². The summed E-state index contributed by atoms with van der Waals surface area (Å²) in [4.78, 5) is 11.6. The molecule has 0 bridgehead atoms. The van der Waals surface area contributed by atoms with E-state index in [1.807, 2.05) is 0 Å². The van der Waals surface area contributed by atoms with Crippen molar-refractivity contribution in [2.45, 2.75) is 0 Å². The highest BCUT2D eigenvalue weighted by Crippen LogP contribution is 2.21. The summed E-state index contributed by atoms with van der Waals surface area (Å²) in [7, 11) is 1.50. The number of amides is 1. The smallest absolute Gasteiger partial charge is 0.277 e. The molecule has 23 heavy (non-hydrogen) atoms. The number of hydrogen-bond acceptors (Lipinski definition) is 5. The van der Waals surface area contributed by atoms with Crippen LogP contribution in [0.3, 0.4) is 0 Å². The van der Waals surface area contributed by atoms with Crippen LogP contribution in [-0.4, -0.2) is 30.9 Å². The van der Waals surface area contributed by atoms with Gasteiger partial charge in [-0.05, 0) is 30.3 Å². The van der Waals surface area contributed by atoms with Gasteiger partial charge < -0.3 is 14.6 Å². The van der Waals surface area contributed by atoms with Gasteiger partial charge in [0.15, 0.2) is 18.2 Å². The maximum Gasteiger partial charge on any atom is 0.277 e. The topological polar surface area (TPSA) is 80.2 Å². The lowest BCUT2D eigenvalue weighted by molar-refractivity contribution is -0.123. The average molecular weight is 318 g/mol. The summed E-state index contributed by atoms with van der Waals surface area (Å²) in [5.74, 6) is -0.598. The molecule has 0 aliphatic heterocycles. The first-order valence-electron chi connectivity index (χ1n) is 6.66. The van der Waals surface area contributed by atoms with Crippen LogP contribution in [0, 0.1) is 5.82 Å². The van der Waals surface area contributed by atoms with Crippen molar-refractivity contribution >= 4 is 12.1 Å². The molecule has 0 heterocycles. The number of hydrogen-bond donors (Lipinski definition) is 2. The van der Waals surface area contributed by atoms with Crippen molar-refractivity contribution in [3.8, 4) is 17.2 Å². The van der Waals surface area contributed by atoms with Crippen LogP contribution in [0.1, 0.15) is 5.56 Å². The van der Waals surface area contributed by atoms with Crippen molar-refractivity contribution in [3.63, 3.8) is 0 Å². The Morgan fingerprint density at radius 1 is 1.35 bits per heavy atom. The number of para-hydroxylation sites is 1. The second kappa shape index (κ2) is 7.79. The molecule has 0 atom stereocenters. The highest BCUT2D eigenvalue weighted by atomic mass is 19.1. The van der Waals surface area contributed by atoms with Gasteiger partial charge in [0, 0.05) is 5.56 Å². The van der Waals surface area contributed by atoms with Crippen LogP contribution in [-0.2, 0) is 4.79 Å². The van der Waals surface area contributed by atoms with Crippen LogP contribution in [0.5, 0.6) is 17.2 Å². The number of benzene rings is 2. The Bertz CT molecular complexity index is 719. The zero-order valence-electron chi connectivity index (χ0n) is 12.3. The number of carbonyl (C=O) groups is 1. The van der Waals surface area contributed by atoms with Crippen molar-refractivity contribution in [2.75, 3.05) is 13.7 Å². The summed E-state index contributed by atoms with van der Waals surface area (Å²) in [5.41, 5.74) is 2.59. The summed E-state index contributed by atoms with van der Waals surface area (Å²) >= 11 is 0. The minimum atomic E-state index is -0.563. The lowest BCUT2D eigenvalue weighted by Crippen LogP contribution is -2.24. The van der Waals surface area contributed by atoms with E-state index in [1.165, 1.54) is 37.6 Å². The number of phenols is 1. The van der Waals surface area contributed by atoms with Gasteiger partial charge in [-0.25, -0.2) is 9.82 Å². The Morgan fingerprint density at radius 2 is 2.13 bits per heavy atom. The largest absolute Gasteiger partial charge is 0.507 e. The molecule has 0 aliphatic rings. The first-order chi connectivity index (χ1) is 11.1. The number of rotatable bonds is 6. The predicted octanol–water partition coefficient (Wildman–Crippen LogP) is 2.07. The van der Waals surface area contributed by atoms with Gasteiger partial charge in [-0.3, -0.25) is 4.79 Å². The highest BCUT2D eigenvalue weighted by molar-refractivity contribution is 5.85. The minimum Gasteiger partial charge on any atom is -0.507 e. The van der Waals surface area contributed by atoms with Crippen molar-refractivity contribution in [1.29, 1.82) is 0 Å². The van der Waals surface area contributed by atoms with Crippen molar-refractivity contribution in [3.05, 3.63) is 53.8 Å². The zero-order valence-corrected chi connectivity index (χ0v) is 12.3. The number of hydrazone groups is 1. The fourth-order valence-electron chi connectivity index (χ4n) is 1.67. The van der Waals surface area contributed by atoms with Crippen LogP contribution in [0.4, 0.5) is 4.39 Å². The molecule has 0 radical (unpaired) electrons. The lowest BCUT2D eigenvalue weighted by Gasteiger charge is -2.06. The summed E-state index contributed by atoms with van der Waals surface area (Å²) in [6, 6.07) is 10.4. The molecule has 2 aromatic carbocycles. The molecule has 0 spiro atoms. The Balaban J connectivity index is 1.88. The molecule has 0 aliphatic carbocycles. The molecule has 2 rings (SSSR count). The van der Waals surface area contributed by atoms with Gasteiger partial charge >= 0.3 is 0 Å². The molecule has 120 valence electrons. The second-order valence-electron chi connectivity index (χ2n) is 4.44. The number of ether oxygens (including phenoxy) is 2. The van der Waals surface area contributed by atoms with Crippen molar-refractivity contribution in [1.82, 2.24) is 5.43 Å². The van der Waals surface area contributed by atoms with Gasteiger partial charge in [0.1, 0.15) is 11.5 Å². The molecule has 0 unspecified atom stereocenters. The Labute approximate surface area is 132 Å². The van der Waals surface area contributed by atoms with Crippen LogP contribution < -0.4 is 14.9 Å². The Kier molecular flexibility index (Phi) is 5.51. The van der Waals surface area contributed by atoms with Crippen molar-refractivity contribution < 1.29 is 23.8 Å². The van der Waals surface area contributed by atoms with E-state index in [9.17, 15) is 14.3 Å². The predicted molar refractivity (Wildman–Crippen MR) is 82.3 cm³/mol. The summed E-state index contributed by atoms with van der Waals surface area (Å²) in [6.07, 6.45) is 1.26. The number of nitrogens with one attached hydrogen (secondary N) is 1. The van der Waals surface area contributed by atoms with E-state index in [4.69, 9.17) is 9.47 Å². The molecule has 0 saturated heterocycles. The fraction of sp³-hybridized carbons (Fsp3) is 0.125. The molecule has 7 heteroatoms. The molecule has 1 amide bonds. The van der Waals surface area contributed by atoms with E-state index in [0.29, 0.717) is 11.3 Å². The van der Waals surface area contributed by atoms with Crippen LogP contribution in [0.25, 0.3) is 0 Å². The molecular formula is C16H15FN2O4. The van der Waals surface area contributed by atoms with E-state index in [-0.39, 0.29) is 18.1 Å². The zero-order chi connectivity index (χ0) is 16.7. The maximum atomic E-state index is 13.3. The number of methoxy groups -OCH3 is 1. The van der Waals surface area contributed by atoms with Gasteiger partial charge in [-0.2, -0.15) is 5.10 Å². The van der Waals surface area contributed by atoms with E-state index >= 15 is 0 Å². The third kappa shape index (κ3) is 4.70. The van der Waals surface area contributed by atoms with Gasteiger partial charge in [0.2, 0.25) is 0 Å². The van der Waals surface area contributed by atoms with Gasteiger partial charge in [0.05, 0.1) is 13.3 Å². The second-order valence-corrected chi connectivity index (χ2v) is 4.44. The van der Waals surface area contributed by atoms with Gasteiger partial charge in [-0.1, -0.05) is 12.1 Å². The average Bonchev–Trinajstić information content (AvgIpc) is 2.56. The van der Waals surface area contributed by atoms with E-state index in [0.717, 1.165) is 0 Å². The van der Waals surface area contributed by atoms with Gasteiger partial charge in [-0.15, -0.1) is 0 Å². The van der Waals surface area contributed by atoms with Crippen LogP contribution in [0.2, 0.25) is 0 Å². The summed E-state index contributed by atoms with van der Waals surface area (Å²) in [6.45, 7) is -0.387. The molecule has 0 saturated carbocycles. The maximum absolute atomic E-state index is 13.3. The monoisotopic (exact) mass is 318 g/mol. The Morgan fingerprint density at radius 3 is 2.87 bits per heavy atom. The SMILES string of the molecule is COc1ccc(O)c(/C=N/NC(=O)COc2ccccc2F)c1. The number of halogens is 1. The molecule has 6 nitrogen and oxygen atoms in total. The fourth-order valence-corrected chi connectivity index (χ4v) is 1.67. The number of carbonyl (C=O) groups excluding carboxylic acids is 1. The van der Waals surface area contributed by atoms with Crippen LogP contribution in [0.15, 0.2) is 47.6 Å². The molecule has 2 aromatic rings. The van der Waals surface area contributed by atoms with E-state index < -0.39 is 11.7 Å². The normalized spacial score (nSPS) is 10.5. The summed E-state index contributed by atoms with van der Waals surface area (Å²) < 4.78 is 23.4. The molecule has 0 fully saturated rings. The highest BCUT2D eigenvalue weighted by Gasteiger charge is 2.05. The quantitative estimate of drug-likeness (QED) is 0.631. The first-order valence-corrected chi connectivity index (χ1v) is 6.66. The van der Waals surface area contributed by atoms with Crippen molar-refractivity contribution in [2.24, 2.45) is 5.10 Å². The number of nitrogens with zero attached hydrogens (tertiary/aromatic N) is 1. The number of aromatic hydroxyl groups is 1. The summed E-state index contributed by atoms with van der Waals surface area (Å²) in [5, 5.41) is 13.4. The third-order valence-corrected chi connectivity index (χ3v) is 2.82. The minimum absolute atomic E-state index is 0.00796. The number of phenolic OH excluding ortho intramolecular Hbond substituents is 1. The lowest BCUT2D eigenvalue weighted by atomic mass is 10.2. The Hall–Kier alpha value is -3.09. The molecule has 2 N–H and O–H groups in total. The van der Waals surface area contributed by atoms with E-state index in [2.05, 4.69) is 10.5 Å². The third-order valence-electron chi connectivity index (χ3n) is 2.82. The van der Waals surface area contributed by atoms with Gasteiger partial charge in [0.25, 0.3) is 5.91 Å². The first kappa shape index (κ1) is 16.3. The molecular weight excluding hydrogens is 303 g/mol. The molecule has 0 aromatic heterocycles. The standard InChI is InChI=1S/C16H15FN2O4/c1-22-12-6-7-14(20)11(8-12)9-18-19-16(21)10-23-15-5-3-2-4-13(15)17/h2-9,20H,10H2,1H3,(H,19,21)/b18-9+. The van der Waals surface area contributed by atoms with E-state index in [1.54, 1.807) is 18.2 Å².